The Balaban J connectivity index is 1.69. The molecule has 0 aliphatic rings. The Morgan fingerprint density at radius 1 is 0.964 bits per heavy atom. The third-order valence-corrected chi connectivity index (χ3v) is 5.40. The van der Waals surface area contributed by atoms with Crippen LogP contribution in [0, 0.1) is 0 Å². The van der Waals surface area contributed by atoms with Crippen LogP contribution < -0.4 is 15.5 Å². The molecule has 0 radical (unpaired) electrons. The fourth-order valence-corrected chi connectivity index (χ4v) is 3.55. The molecule has 1 atom stereocenters. The molecule has 0 saturated heterocycles. The number of hydrogen-bond acceptors (Lipinski definition) is 5. The van der Waals surface area contributed by atoms with E-state index in [9.17, 15) is 9.59 Å². The smallest absolute Gasteiger partial charge is 0.284 e. The Morgan fingerprint density at radius 3 is 2.29 bits per heavy atom. The monoisotopic (exact) mass is 396 g/mol. The zero-order valence-electron chi connectivity index (χ0n) is 15.4. The zero-order valence-corrected chi connectivity index (χ0v) is 16.2. The third-order valence-electron chi connectivity index (χ3n) is 4.32. The largest absolute Gasteiger partial charge is 0.497 e. The number of methoxy groups -OCH3 is 1. The first-order valence-electron chi connectivity index (χ1n) is 8.61. The van der Waals surface area contributed by atoms with E-state index in [4.69, 9.17) is 9.94 Å². The van der Waals surface area contributed by atoms with Crippen molar-refractivity contribution in [2.45, 2.75) is 13.0 Å². The number of nitrogens with one attached hydrogen (secondary N) is 2. The molecule has 2 amide bonds. The van der Waals surface area contributed by atoms with Crippen molar-refractivity contribution < 1.29 is 19.5 Å². The standard InChI is InChI=1S/C21H20N2O4S/c1-13(22-20(24)18-10-11-19(28-18)21(25)23-26)14-6-8-15(9-7-14)16-4-3-5-17(12-16)27-2/h3-13,26H,1-2H3,(H,22,24)(H,23,25)/t13-/m1/s1. The number of carbonyl (C=O) groups is 2. The number of hydrogen-bond donors (Lipinski definition) is 3. The second-order valence-electron chi connectivity index (χ2n) is 6.15. The van der Waals surface area contributed by atoms with Gasteiger partial charge in [0.1, 0.15) is 5.75 Å². The topological polar surface area (TPSA) is 87.7 Å². The maximum absolute atomic E-state index is 12.4. The quantitative estimate of drug-likeness (QED) is 0.434. The van der Waals surface area contributed by atoms with E-state index in [-0.39, 0.29) is 16.8 Å². The number of hydroxylamine groups is 1. The summed E-state index contributed by atoms with van der Waals surface area (Å²) >= 11 is 1.02. The highest BCUT2D eigenvalue weighted by molar-refractivity contribution is 7.15. The van der Waals surface area contributed by atoms with Gasteiger partial charge in [0.05, 0.1) is 22.9 Å². The summed E-state index contributed by atoms with van der Waals surface area (Å²) in [5, 5.41) is 11.6. The van der Waals surface area contributed by atoms with Crippen molar-refractivity contribution in [2.24, 2.45) is 0 Å². The van der Waals surface area contributed by atoms with Crippen LogP contribution in [0.1, 0.15) is 37.9 Å². The lowest BCUT2D eigenvalue weighted by molar-refractivity contribution is 0.0711. The van der Waals surface area contributed by atoms with Gasteiger partial charge in [0.25, 0.3) is 11.8 Å². The molecular formula is C21H20N2O4S. The van der Waals surface area contributed by atoms with Crippen LogP contribution >= 0.6 is 11.3 Å². The summed E-state index contributed by atoms with van der Waals surface area (Å²) in [6, 6.07) is 18.6. The second-order valence-corrected chi connectivity index (χ2v) is 7.24. The van der Waals surface area contributed by atoms with E-state index in [0.29, 0.717) is 4.88 Å². The lowest BCUT2D eigenvalue weighted by atomic mass is 10.0. The van der Waals surface area contributed by atoms with Gasteiger partial charge in [-0.3, -0.25) is 14.8 Å². The van der Waals surface area contributed by atoms with E-state index in [1.807, 2.05) is 55.5 Å². The SMILES string of the molecule is COc1cccc(-c2ccc([C@@H](C)NC(=O)c3ccc(C(=O)NO)s3)cc2)c1. The minimum atomic E-state index is -0.634. The molecule has 3 aromatic rings. The van der Waals surface area contributed by atoms with Gasteiger partial charge in [0.15, 0.2) is 0 Å². The Bertz CT molecular complexity index is 982. The van der Waals surface area contributed by atoms with Crippen LogP contribution in [0.5, 0.6) is 5.75 Å². The van der Waals surface area contributed by atoms with Gasteiger partial charge in [-0.2, -0.15) is 0 Å². The van der Waals surface area contributed by atoms with Gasteiger partial charge in [0, 0.05) is 0 Å². The molecule has 0 saturated carbocycles. The van der Waals surface area contributed by atoms with Crippen LogP contribution in [0.3, 0.4) is 0 Å². The summed E-state index contributed by atoms with van der Waals surface area (Å²) in [5.41, 5.74) is 4.63. The highest BCUT2D eigenvalue weighted by Crippen LogP contribution is 2.25. The minimum absolute atomic E-state index is 0.205. The molecule has 28 heavy (non-hydrogen) atoms. The summed E-state index contributed by atoms with van der Waals surface area (Å²) in [6.07, 6.45) is 0. The van der Waals surface area contributed by atoms with Crippen molar-refractivity contribution in [3.63, 3.8) is 0 Å². The lowest BCUT2D eigenvalue weighted by Crippen LogP contribution is -2.25. The van der Waals surface area contributed by atoms with E-state index in [0.717, 1.165) is 33.8 Å². The Labute approximate surface area is 166 Å². The van der Waals surface area contributed by atoms with Crippen molar-refractivity contribution in [2.75, 3.05) is 7.11 Å². The van der Waals surface area contributed by atoms with Gasteiger partial charge < -0.3 is 10.1 Å². The zero-order chi connectivity index (χ0) is 20.1. The molecule has 0 aliphatic heterocycles. The summed E-state index contributed by atoms with van der Waals surface area (Å²) in [6.45, 7) is 1.90. The minimum Gasteiger partial charge on any atom is -0.497 e. The fourth-order valence-electron chi connectivity index (χ4n) is 2.76. The molecule has 2 aromatic carbocycles. The average Bonchev–Trinajstić information content (AvgIpc) is 3.23. The molecule has 3 N–H and O–H groups in total. The number of benzene rings is 2. The molecule has 7 heteroatoms. The first-order chi connectivity index (χ1) is 13.5. The summed E-state index contributed by atoms with van der Waals surface area (Å²) in [7, 11) is 1.64. The van der Waals surface area contributed by atoms with Crippen LogP contribution in [0.2, 0.25) is 0 Å². The van der Waals surface area contributed by atoms with E-state index in [2.05, 4.69) is 5.32 Å². The second kappa shape index (κ2) is 8.69. The van der Waals surface area contributed by atoms with E-state index < -0.39 is 5.91 Å². The molecule has 0 bridgehead atoms. The van der Waals surface area contributed by atoms with E-state index in [1.54, 1.807) is 18.7 Å². The fraction of sp³-hybridized carbons (Fsp3) is 0.143. The van der Waals surface area contributed by atoms with Gasteiger partial charge in [0.2, 0.25) is 0 Å². The van der Waals surface area contributed by atoms with Crippen LogP contribution in [0.15, 0.2) is 60.7 Å². The molecule has 0 unspecified atom stereocenters. The van der Waals surface area contributed by atoms with E-state index in [1.165, 1.54) is 6.07 Å². The average molecular weight is 396 g/mol. The number of ether oxygens (including phenoxy) is 1. The van der Waals surface area contributed by atoms with Gasteiger partial charge >= 0.3 is 0 Å². The van der Waals surface area contributed by atoms with Crippen LogP contribution in [-0.2, 0) is 0 Å². The first-order valence-corrected chi connectivity index (χ1v) is 9.43. The number of carbonyl (C=O) groups excluding carboxylic acids is 2. The van der Waals surface area contributed by atoms with Crippen molar-refractivity contribution in [1.29, 1.82) is 0 Å². The van der Waals surface area contributed by atoms with Crippen molar-refractivity contribution in [1.82, 2.24) is 10.8 Å². The van der Waals surface area contributed by atoms with Crippen molar-refractivity contribution >= 4 is 23.2 Å². The maximum atomic E-state index is 12.4. The van der Waals surface area contributed by atoms with Crippen LogP contribution in [0.4, 0.5) is 0 Å². The normalized spacial score (nSPS) is 11.5. The summed E-state index contributed by atoms with van der Waals surface area (Å²) < 4.78 is 5.26. The lowest BCUT2D eigenvalue weighted by Gasteiger charge is -2.14. The summed E-state index contributed by atoms with van der Waals surface area (Å²) in [5.74, 6) is -0.107. The third kappa shape index (κ3) is 4.39. The molecule has 144 valence electrons. The van der Waals surface area contributed by atoms with Crippen molar-refractivity contribution in [3.05, 3.63) is 76.0 Å². The maximum Gasteiger partial charge on any atom is 0.284 e. The summed E-state index contributed by atoms with van der Waals surface area (Å²) in [4.78, 5) is 24.5. The predicted octanol–water partition coefficient (Wildman–Crippen LogP) is 4.03. The Morgan fingerprint density at radius 2 is 1.64 bits per heavy atom. The molecule has 3 rings (SSSR count). The molecule has 1 heterocycles. The molecule has 6 nitrogen and oxygen atoms in total. The first kappa shape index (κ1) is 19.6. The van der Waals surface area contributed by atoms with Gasteiger partial charge in [-0.15, -0.1) is 11.3 Å². The highest BCUT2D eigenvalue weighted by atomic mass is 32.1. The molecule has 0 spiro atoms. The molecule has 1 aromatic heterocycles. The molecule has 0 aliphatic carbocycles. The highest BCUT2D eigenvalue weighted by Gasteiger charge is 2.16. The predicted molar refractivity (Wildman–Crippen MR) is 108 cm³/mol. The number of rotatable bonds is 6. The molecular weight excluding hydrogens is 376 g/mol. The number of thiophene rings is 1. The molecule has 0 fully saturated rings. The van der Waals surface area contributed by atoms with Gasteiger partial charge in [-0.25, -0.2) is 5.48 Å². The van der Waals surface area contributed by atoms with Crippen LogP contribution in [0.25, 0.3) is 11.1 Å². The number of amides is 2. The van der Waals surface area contributed by atoms with Crippen molar-refractivity contribution in [3.8, 4) is 16.9 Å². The van der Waals surface area contributed by atoms with Gasteiger partial charge in [-0.05, 0) is 47.9 Å². The Hall–Kier alpha value is -3.16. The van der Waals surface area contributed by atoms with E-state index >= 15 is 0 Å². The van der Waals surface area contributed by atoms with Crippen LogP contribution in [-0.4, -0.2) is 24.1 Å². The Kier molecular flexibility index (Phi) is 6.08. The van der Waals surface area contributed by atoms with Gasteiger partial charge in [-0.1, -0.05) is 36.4 Å².